The van der Waals surface area contributed by atoms with E-state index in [2.05, 4.69) is 19.1 Å². The van der Waals surface area contributed by atoms with Crippen molar-refractivity contribution in [2.45, 2.75) is 25.9 Å². The quantitative estimate of drug-likeness (QED) is 0.938. The average Bonchev–Trinajstić information content (AvgIpc) is 2.94. The number of fused-ring (bicyclic) bond motifs is 1. The van der Waals surface area contributed by atoms with Crippen molar-refractivity contribution in [2.24, 2.45) is 0 Å². The maximum atomic E-state index is 10.5. The first-order valence-corrected chi connectivity index (χ1v) is 7.73. The van der Waals surface area contributed by atoms with Crippen LogP contribution in [0, 0.1) is 0 Å². The predicted molar refractivity (Wildman–Crippen MR) is 79.8 cm³/mol. The molecular weight excluding hydrogens is 272 g/mol. The van der Waals surface area contributed by atoms with Crippen molar-refractivity contribution in [1.29, 1.82) is 0 Å². The van der Waals surface area contributed by atoms with Crippen LogP contribution < -0.4 is 9.47 Å². The first-order chi connectivity index (χ1) is 9.78. The summed E-state index contributed by atoms with van der Waals surface area (Å²) in [6, 6.07) is 9.92. The van der Waals surface area contributed by atoms with Gasteiger partial charge in [-0.2, -0.15) is 0 Å². The summed E-state index contributed by atoms with van der Waals surface area (Å²) in [5, 5.41) is 10.5. The number of aliphatic hydroxyl groups is 1. The highest BCUT2D eigenvalue weighted by molar-refractivity contribution is 7.11. The van der Waals surface area contributed by atoms with Crippen molar-refractivity contribution in [3.63, 3.8) is 0 Å². The predicted octanol–water partition coefficient (Wildman–Crippen LogP) is 3.36. The summed E-state index contributed by atoms with van der Waals surface area (Å²) in [7, 11) is 0. The molecule has 1 unspecified atom stereocenters. The fourth-order valence-electron chi connectivity index (χ4n) is 2.38. The van der Waals surface area contributed by atoms with Crippen molar-refractivity contribution < 1.29 is 14.6 Å². The van der Waals surface area contributed by atoms with Gasteiger partial charge in [-0.25, -0.2) is 0 Å². The van der Waals surface area contributed by atoms with Gasteiger partial charge in [0.05, 0.1) is 6.10 Å². The number of para-hydroxylation sites is 1. The topological polar surface area (TPSA) is 38.7 Å². The molecule has 4 heteroatoms. The number of aryl methyl sites for hydroxylation is 1. The summed E-state index contributed by atoms with van der Waals surface area (Å²) < 4.78 is 11.2. The molecule has 3 rings (SSSR count). The van der Waals surface area contributed by atoms with Crippen LogP contribution in [0.2, 0.25) is 0 Å². The van der Waals surface area contributed by atoms with Gasteiger partial charge >= 0.3 is 0 Å². The van der Waals surface area contributed by atoms with Crippen molar-refractivity contribution in [1.82, 2.24) is 0 Å². The maximum Gasteiger partial charge on any atom is 0.167 e. The molecule has 106 valence electrons. The molecule has 20 heavy (non-hydrogen) atoms. The normalized spacial score (nSPS) is 15.1. The van der Waals surface area contributed by atoms with E-state index in [9.17, 15) is 5.11 Å². The Balaban J connectivity index is 1.81. The number of hydrogen-bond acceptors (Lipinski definition) is 4. The van der Waals surface area contributed by atoms with Gasteiger partial charge in [0.15, 0.2) is 11.5 Å². The summed E-state index contributed by atoms with van der Waals surface area (Å²) >= 11 is 1.76. The van der Waals surface area contributed by atoms with Gasteiger partial charge in [-0.1, -0.05) is 19.1 Å². The lowest BCUT2D eigenvalue weighted by molar-refractivity contribution is 0.146. The molecule has 1 N–H and O–H groups in total. The first kappa shape index (κ1) is 13.5. The highest BCUT2D eigenvalue weighted by Gasteiger charge is 2.21. The molecule has 3 nitrogen and oxygen atoms in total. The minimum Gasteiger partial charge on any atom is -0.486 e. The summed E-state index contributed by atoms with van der Waals surface area (Å²) in [6.45, 7) is 3.25. The van der Waals surface area contributed by atoms with Crippen LogP contribution in [0.4, 0.5) is 0 Å². The van der Waals surface area contributed by atoms with Crippen LogP contribution in [0.25, 0.3) is 0 Å². The van der Waals surface area contributed by atoms with E-state index in [1.165, 1.54) is 9.75 Å². The molecule has 0 saturated carbocycles. The molecule has 0 bridgehead atoms. The zero-order valence-corrected chi connectivity index (χ0v) is 12.3. The molecule has 0 radical (unpaired) electrons. The second kappa shape index (κ2) is 5.85. The van der Waals surface area contributed by atoms with Gasteiger partial charge in [0, 0.05) is 21.7 Å². The smallest absolute Gasteiger partial charge is 0.167 e. The molecule has 1 aromatic heterocycles. The highest BCUT2D eigenvalue weighted by Crippen LogP contribution is 2.38. The number of hydrogen-bond donors (Lipinski definition) is 1. The molecule has 0 spiro atoms. The van der Waals surface area contributed by atoms with Crippen molar-refractivity contribution >= 4 is 11.3 Å². The van der Waals surface area contributed by atoms with Crippen LogP contribution in [-0.4, -0.2) is 18.3 Å². The fourth-order valence-corrected chi connectivity index (χ4v) is 3.38. The Morgan fingerprint density at radius 2 is 1.95 bits per heavy atom. The first-order valence-electron chi connectivity index (χ1n) is 6.92. The van der Waals surface area contributed by atoms with E-state index in [4.69, 9.17) is 9.47 Å². The van der Waals surface area contributed by atoms with E-state index < -0.39 is 6.10 Å². The van der Waals surface area contributed by atoms with Gasteiger partial charge in [0.1, 0.15) is 13.2 Å². The zero-order chi connectivity index (χ0) is 13.9. The third-order valence-electron chi connectivity index (χ3n) is 3.42. The van der Waals surface area contributed by atoms with Crippen molar-refractivity contribution in [2.75, 3.05) is 13.2 Å². The van der Waals surface area contributed by atoms with Gasteiger partial charge < -0.3 is 14.6 Å². The van der Waals surface area contributed by atoms with E-state index in [1.54, 1.807) is 11.3 Å². The molecule has 0 aliphatic carbocycles. The Labute approximate surface area is 122 Å². The number of benzene rings is 1. The summed E-state index contributed by atoms with van der Waals surface area (Å²) in [4.78, 5) is 2.55. The molecule has 2 aromatic rings. The monoisotopic (exact) mass is 290 g/mol. The Hall–Kier alpha value is -1.52. The van der Waals surface area contributed by atoms with Gasteiger partial charge in [0.2, 0.25) is 0 Å². The number of aliphatic hydroxyl groups excluding tert-OH is 1. The standard InChI is InChI=1S/C16H18O3S/c1-2-11-6-7-12(20-11)10-14(17)13-4-3-5-15-16(13)19-9-8-18-15/h3-7,14,17H,2,8-10H2,1H3. The molecule has 1 aromatic carbocycles. The number of ether oxygens (including phenoxy) is 2. The van der Waals surface area contributed by atoms with Crippen LogP contribution in [-0.2, 0) is 12.8 Å². The van der Waals surface area contributed by atoms with Crippen LogP contribution in [0.15, 0.2) is 30.3 Å². The van der Waals surface area contributed by atoms with E-state index >= 15 is 0 Å². The minimum absolute atomic E-state index is 0.537. The lowest BCUT2D eigenvalue weighted by Crippen LogP contribution is -2.17. The molecule has 1 aliphatic rings. The van der Waals surface area contributed by atoms with Gasteiger partial charge in [-0.15, -0.1) is 11.3 Å². The van der Waals surface area contributed by atoms with E-state index in [-0.39, 0.29) is 0 Å². The second-order valence-electron chi connectivity index (χ2n) is 4.81. The number of rotatable bonds is 4. The Kier molecular flexibility index (Phi) is 3.94. The molecule has 0 saturated heterocycles. The van der Waals surface area contributed by atoms with Gasteiger partial charge in [0.25, 0.3) is 0 Å². The van der Waals surface area contributed by atoms with E-state index in [1.807, 2.05) is 18.2 Å². The molecule has 1 atom stereocenters. The van der Waals surface area contributed by atoms with Crippen LogP contribution in [0.3, 0.4) is 0 Å². The molecule has 2 heterocycles. The van der Waals surface area contributed by atoms with Crippen LogP contribution in [0.5, 0.6) is 11.5 Å². The largest absolute Gasteiger partial charge is 0.486 e. The fraction of sp³-hybridized carbons (Fsp3) is 0.375. The Morgan fingerprint density at radius 1 is 1.15 bits per heavy atom. The SMILES string of the molecule is CCc1ccc(CC(O)c2cccc3c2OCCO3)s1. The van der Waals surface area contributed by atoms with Crippen LogP contribution >= 0.6 is 11.3 Å². The van der Waals surface area contributed by atoms with Gasteiger partial charge in [-0.3, -0.25) is 0 Å². The van der Waals surface area contributed by atoms with E-state index in [0.717, 1.165) is 17.7 Å². The highest BCUT2D eigenvalue weighted by atomic mass is 32.1. The van der Waals surface area contributed by atoms with Crippen LogP contribution in [0.1, 0.15) is 28.3 Å². The summed E-state index contributed by atoms with van der Waals surface area (Å²) in [6.07, 6.45) is 1.10. The molecular formula is C16H18O3S. The minimum atomic E-state index is -0.560. The van der Waals surface area contributed by atoms with Gasteiger partial charge in [-0.05, 0) is 24.6 Å². The van der Waals surface area contributed by atoms with Crippen molar-refractivity contribution in [3.8, 4) is 11.5 Å². The Bertz CT molecular complexity index is 591. The van der Waals surface area contributed by atoms with Crippen molar-refractivity contribution in [3.05, 3.63) is 45.6 Å². The maximum absolute atomic E-state index is 10.5. The summed E-state index contributed by atoms with van der Waals surface area (Å²) in [5.41, 5.74) is 0.814. The lowest BCUT2D eigenvalue weighted by atomic mass is 10.0. The summed E-state index contributed by atoms with van der Waals surface area (Å²) in [5.74, 6) is 1.42. The van der Waals surface area contributed by atoms with E-state index in [0.29, 0.717) is 25.4 Å². The third kappa shape index (κ3) is 2.67. The average molecular weight is 290 g/mol. The molecule has 0 amide bonds. The zero-order valence-electron chi connectivity index (χ0n) is 11.5. The molecule has 0 fully saturated rings. The lowest BCUT2D eigenvalue weighted by Gasteiger charge is -2.22. The number of thiophene rings is 1. The third-order valence-corrected chi connectivity index (χ3v) is 4.67. The molecule has 1 aliphatic heterocycles. The second-order valence-corrected chi connectivity index (χ2v) is 6.07. The Morgan fingerprint density at radius 3 is 2.75 bits per heavy atom.